The van der Waals surface area contributed by atoms with Crippen LogP contribution in [0, 0.1) is 11.8 Å². The van der Waals surface area contributed by atoms with Crippen LogP contribution in [-0.4, -0.2) is 41.4 Å². The third kappa shape index (κ3) is 4.27. The zero-order chi connectivity index (χ0) is 22.0. The second-order valence-corrected chi connectivity index (χ2v) is 7.94. The lowest BCUT2D eigenvalue weighted by atomic mass is 10.1. The van der Waals surface area contributed by atoms with Gasteiger partial charge in [0.25, 0.3) is 11.1 Å². The maximum atomic E-state index is 11.8. The lowest BCUT2D eigenvalue weighted by Crippen LogP contribution is -2.20. The van der Waals surface area contributed by atoms with Gasteiger partial charge in [0.1, 0.15) is 5.75 Å². The predicted octanol–water partition coefficient (Wildman–Crippen LogP) is 3.39. The monoisotopic (exact) mass is 432 g/mol. The molecule has 0 unspecified atom stereocenters. The number of carbonyl (C=O) groups excluding carboxylic acids is 2. The van der Waals surface area contributed by atoms with Crippen molar-refractivity contribution >= 4 is 46.0 Å². The Kier molecular flexibility index (Phi) is 5.69. The third-order valence-corrected chi connectivity index (χ3v) is 5.62. The van der Waals surface area contributed by atoms with Gasteiger partial charge in [0.05, 0.1) is 35.2 Å². The van der Waals surface area contributed by atoms with E-state index < -0.39 is 0 Å². The number of nitrogens with zero attached hydrogens (tertiary/aromatic N) is 3. The quantitative estimate of drug-likeness (QED) is 0.503. The number of hydrogen-bond acceptors (Lipinski definition) is 6. The molecule has 0 atom stereocenters. The van der Waals surface area contributed by atoms with Crippen LogP contribution >= 0.6 is 11.8 Å². The van der Waals surface area contributed by atoms with Gasteiger partial charge in [0.15, 0.2) is 0 Å². The van der Waals surface area contributed by atoms with E-state index in [4.69, 9.17) is 4.74 Å². The predicted molar refractivity (Wildman–Crippen MR) is 123 cm³/mol. The van der Waals surface area contributed by atoms with Gasteiger partial charge in [-0.05, 0) is 47.7 Å². The molecular weight excluding hydrogens is 412 g/mol. The Morgan fingerprint density at radius 3 is 2.77 bits per heavy atom. The number of aryl methyl sites for hydroxylation is 1. The first kappa shape index (κ1) is 20.6. The van der Waals surface area contributed by atoms with Gasteiger partial charge in [-0.1, -0.05) is 30.0 Å². The maximum absolute atomic E-state index is 11.8. The summed E-state index contributed by atoms with van der Waals surface area (Å²) in [6, 6.07) is 13.4. The van der Waals surface area contributed by atoms with Crippen LogP contribution in [0.25, 0.3) is 17.1 Å². The second-order valence-electron chi connectivity index (χ2n) is 6.93. The molecule has 2 amide bonds. The minimum atomic E-state index is -0.387. The van der Waals surface area contributed by atoms with E-state index in [0.717, 1.165) is 34.3 Å². The zero-order valence-corrected chi connectivity index (χ0v) is 18.1. The molecule has 1 aliphatic heterocycles. The molecule has 8 heteroatoms. The smallest absolute Gasteiger partial charge is 0.290 e. The molecule has 1 aromatic heterocycles. The molecule has 3 aromatic rings. The summed E-state index contributed by atoms with van der Waals surface area (Å²) in [5.41, 5.74) is 3.47. The SMILES string of the molecule is COc1ccc(C=C2SC(=O)NC2=O)cc1C#CCN(C)c1nc2ccccc2n1C. The van der Waals surface area contributed by atoms with E-state index in [1.807, 2.05) is 60.0 Å². The topological polar surface area (TPSA) is 76.5 Å². The first-order valence-corrected chi connectivity index (χ1v) is 10.3. The molecule has 0 bridgehead atoms. The highest BCUT2D eigenvalue weighted by molar-refractivity contribution is 8.18. The molecule has 1 saturated heterocycles. The number of aromatic nitrogens is 2. The highest BCUT2D eigenvalue weighted by Gasteiger charge is 2.25. The largest absolute Gasteiger partial charge is 0.495 e. The molecule has 0 saturated carbocycles. The standard InChI is InChI=1S/C23H20N4O3S/c1-26(22-24-17-8-4-5-9-18(17)27(22)2)12-6-7-16-13-15(10-11-19(16)30-3)14-20-21(28)25-23(29)31-20/h4-5,8-11,13-14H,12H2,1-3H3,(H,25,28,29). The minimum Gasteiger partial charge on any atom is -0.495 e. The number of fused-ring (bicyclic) bond motifs is 1. The van der Waals surface area contributed by atoms with Crippen LogP contribution < -0.4 is 15.0 Å². The van der Waals surface area contributed by atoms with Crippen molar-refractivity contribution in [3.05, 3.63) is 58.5 Å². The third-order valence-electron chi connectivity index (χ3n) is 4.81. The Bertz CT molecular complexity index is 1280. The molecule has 0 spiro atoms. The molecule has 31 heavy (non-hydrogen) atoms. The number of amides is 2. The summed E-state index contributed by atoms with van der Waals surface area (Å²) in [6.07, 6.45) is 1.67. The number of rotatable bonds is 4. The molecule has 0 aliphatic carbocycles. The Balaban J connectivity index is 1.56. The Morgan fingerprint density at radius 2 is 2.06 bits per heavy atom. The van der Waals surface area contributed by atoms with Gasteiger partial charge in [-0.15, -0.1) is 0 Å². The van der Waals surface area contributed by atoms with E-state index in [1.165, 1.54) is 0 Å². The number of benzene rings is 2. The van der Waals surface area contributed by atoms with Crippen molar-refractivity contribution in [1.82, 2.24) is 14.9 Å². The number of carbonyl (C=O) groups is 2. The van der Waals surface area contributed by atoms with Crippen LogP contribution in [0.3, 0.4) is 0 Å². The van der Waals surface area contributed by atoms with E-state index in [9.17, 15) is 9.59 Å². The van der Waals surface area contributed by atoms with Gasteiger partial charge in [0, 0.05) is 14.1 Å². The van der Waals surface area contributed by atoms with Crippen LogP contribution in [0.15, 0.2) is 47.4 Å². The van der Waals surface area contributed by atoms with Gasteiger partial charge >= 0.3 is 0 Å². The van der Waals surface area contributed by atoms with Crippen molar-refractivity contribution < 1.29 is 14.3 Å². The number of imide groups is 1. The average molecular weight is 433 g/mol. The molecule has 2 aromatic carbocycles. The van der Waals surface area contributed by atoms with Crippen molar-refractivity contribution in [1.29, 1.82) is 0 Å². The molecule has 1 fully saturated rings. The summed E-state index contributed by atoms with van der Waals surface area (Å²) in [4.78, 5) is 30.2. The number of nitrogens with one attached hydrogen (secondary N) is 1. The molecule has 0 radical (unpaired) electrons. The number of methoxy groups -OCH3 is 1. The number of ether oxygens (including phenoxy) is 1. The van der Waals surface area contributed by atoms with Gasteiger partial charge in [0.2, 0.25) is 5.95 Å². The lowest BCUT2D eigenvalue weighted by Gasteiger charge is -2.14. The Hall–Kier alpha value is -3.70. The van der Waals surface area contributed by atoms with Crippen LogP contribution in [0.5, 0.6) is 5.75 Å². The minimum absolute atomic E-state index is 0.357. The number of imidazole rings is 1. The summed E-state index contributed by atoms with van der Waals surface area (Å²) in [5, 5.41) is 1.89. The highest BCUT2D eigenvalue weighted by atomic mass is 32.2. The van der Waals surface area contributed by atoms with Crippen molar-refractivity contribution in [2.75, 3.05) is 25.6 Å². The van der Waals surface area contributed by atoms with E-state index in [0.29, 0.717) is 22.8 Å². The van der Waals surface area contributed by atoms with E-state index >= 15 is 0 Å². The summed E-state index contributed by atoms with van der Waals surface area (Å²) in [5.74, 6) is 7.39. The van der Waals surface area contributed by atoms with Crippen LogP contribution in [0.2, 0.25) is 0 Å². The van der Waals surface area contributed by atoms with Crippen molar-refractivity contribution in [2.24, 2.45) is 7.05 Å². The summed E-state index contributed by atoms with van der Waals surface area (Å²) in [7, 11) is 5.51. The number of thioether (sulfide) groups is 1. The van der Waals surface area contributed by atoms with Crippen molar-refractivity contribution in [3.8, 4) is 17.6 Å². The number of para-hydroxylation sites is 2. The number of anilines is 1. The normalized spacial score (nSPS) is 14.5. The van der Waals surface area contributed by atoms with Crippen molar-refractivity contribution in [3.63, 3.8) is 0 Å². The molecule has 1 aliphatic rings. The highest BCUT2D eigenvalue weighted by Crippen LogP contribution is 2.27. The molecule has 156 valence electrons. The summed E-state index contributed by atoms with van der Waals surface area (Å²) >= 11 is 0.885. The first-order valence-electron chi connectivity index (χ1n) is 9.50. The van der Waals surface area contributed by atoms with Crippen LogP contribution in [-0.2, 0) is 11.8 Å². The molecular formula is C23H20N4O3S. The van der Waals surface area contributed by atoms with Gasteiger partial charge in [-0.3, -0.25) is 14.9 Å². The Morgan fingerprint density at radius 1 is 1.26 bits per heavy atom. The first-order chi connectivity index (χ1) is 15.0. The average Bonchev–Trinajstić information content (AvgIpc) is 3.26. The second kappa shape index (κ2) is 8.58. The van der Waals surface area contributed by atoms with Gasteiger partial charge in [-0.25, -0.2) is 4.98 Å². The summed E-state index contributed by atoms with van der Waals surface area (Å²) < 4.78 is 7.46. The molecule has 7 nitrogen and oxygen atoms in total. The van der Waals surface area contributed by atoms with Crippen LogP contribution in [0.4, 0.5) is 10.7 Å². The van der Waals surface area contributed by atoms with E-state index in [-0.39, 0.29) is 11.1 Å². The molecule has 2 heterocycles. The molecule has 1 N–H and O–H groups in total. The maximum Gasteiger partial charge on any atom is 0.290 e. The lowest BCUT2D eigenvalue weighted by molar-refractivity contribution is -0.115. The van der Waals surface area contributed by atoms with E-state index in [1.54, 1.807) is 19.3 Å². The fraction of sp³-hybridized carbons (Fsp3) is 0.174. The fourth-order valence-corrected chi connectivity index (χ4v) is 3.97. The zero-order valence-electron chi connectivity index (χ0n) is 17.3. The van der Waals surface area contributed by atoms with Crippen molar-refractivity contribution in [2.45, 2.75) is 0 Å². The van der Waals surface area contributed by atoms with Gasteiger partial charge in [-0.2, -0.15) is 0 Å². The molecule has 4 rings (SSSR count). The number of hydrogen-bond donors (Lipinski definition) is 1. The van der Waals surface area contributed by atoms with Crippen LogP contribution in [0.1, 0.15) is 11.1 Å². The summed E-state index contributed by atoms with van der Waals surface area (Å²) in [6.45, 7) is 0.471. The van der Waals surface area contributed by atoms with Gasteiger partial charge < -0.3 is 14.2 Å². The fourth-order valence-electron chi connectivity index (χ4n) is 3.28. The Labute approximate surface area is 184 Å². The van der Waals surface area contributed by atoms with E-state index in [2.05, 4.69) is 22.1 Å².